The lowest BCUT2D eigenvalue weighted by molar-refractivity contribution is -0.117. The maximum Gasteiger partial charge on any atom is 0.168 e. The lowest BCUT2D eigenvalue weighted by Crippen LogP contribution is -2.26. The molecule has 0 amide bonds. The van der Waals surface area contributed by atoms with Crippen LogP contribution in [0.5, 0.6) is 0 Å². The third-order valence-corrected chi connectivity index (χ3v) is 4.13. The molecule has 1 aliphatic carbocycles. The summed E-state index contributed by atoms with van der Waals surface area (Å²) in [5.74, 6) is 0.0408. The molecule has 0 spiro atoms. The fourth-order valence-corrected chi connectivity index (χ4v) is 2.80. The third kappa shape index (κ3) is 4.51. The minimum Gasteiger partial charge on any atom is -0.511 e. The van der Waals surface area contributed by atoms with E-state index in [1.807, 2.05) is 44.2 Å². The Morgan fingerprint density at radius 1 is 0.885 bits per heavy atom. The Morgan fingerprint density at radius 2 is 1.46 bits per heavy atom. The first kappa shape index (κ1) is 17.7. The maximum atomic E-state index is 12.2. The molecular formula is C21H21N3O2. The van der Waals surface area contributed by atoms with Crippen molar-refractivity contribution in [3.05, 3.63) is 65.9 Å². The molecule has 5 nitrogen and oxygen atoms in total. The van der Waals surface area contributed by atoms with Crippen molar-refractivity contribution < 1.29 is 9.90 Å². The van der Waals surface area contributed by atoms with Gasteiger partial charge in [-0.25, -0.2) is 0 Å². The van der Waals surface area contributed by atoms with Crippen molar-refractivity contribution in [2.75, 3.05) is 0 Å². The standard InChI is InChI=1S/C21H21N3O2/c1-21(2)12-19(25)18(20(26)13-21)14-22-15-8-10-17(11-9-15)24-23-16-6-4-3-5-7-16/h3-11,14,25H,12-13H2,1-2H3. The maximum absolute atomic E-state index is 12.2. The average molecular weight is 347 g/mol. The number of hydrogen-bond acceptors (Lipinski definition) is 5. The summed E-state index contributed by atoms with van der Waals surface area (Å²) in [6, 6.07) is 16.7. The van der Waals surface area contributed by atoms with Gasteiger partial charge < -0.3 is 5.11 Å². The summed E-state index contributed by atoms with van der Waals surface area (Å²) in [5.41, 5.74) is 2.28. The second-order valence-electron chi connectivity index (χ2n) is 7.11. The number of aliphatic hydroxyl groups is 1. The van der Waals surface area contributed by atoms with Gasteiger partial charge in [0.05, 0.1) is 22.6 Å². The first-order valence-corrected chi connectivity index (χ1v) is 8.49. The van der Waals surface area contributed by atoms with Gasteiger partial charge in [-0.05, 0) is 41.8 Å². The molecule has 1 N–H and O–H groups in total. The zero-order valence-corrected chi connectivity index (χ0v) is 14.9. The molecule has 0 radical (unpaired) electrons. The fourth-order valence-electron chi connectivity index (χ4n) is 2.80. The number of Topliss-reactive ketones (excluding diaryl/α,β-unsaturated/α-hetero) is 1. The van der Waals surface area contributed by atoms with Crippen LogP contribution in [0.25, 0.3) is 0 Å². The van der Waals surface area contributed by atoms with Crippen molar-refractivity contribution >= 4 is 29.1 Å². The molecule has 132 valence electrons. The van der Waals surface area contributed by atoms with E-state index in [0.717, 1.165) is 5.69 Å². The molecule has 3 rings (SSSR count). The quantitative estimate of drug-likeness (QED) is 0.543. The van der Waals surface area contributed by atoms with Crippen LogP contribution in [0.1, 0.15) is 26.7 Å². The Bertz CT molecular complexity index is 879. The molecule has 1 aliphatic rings. The molecule has 0 unspecified atom stereocenters. The highest BCUT2D eigenvalue weighted by molar-refractivity contribution is 6.14. The van der Waals surface area contributed by atoms with E-state index in [4.69, 9.17) is 0 Å². The van der Waals surface area contributed by atoms with Gasteiger partial charge in [0.15, 0.2) is 5.78 Å². The fraction of sp³-hybridized carbons (Fsp3) is 0.238. The number of carbonyl (C=O) groups is 1. The number of allylic oxidation sites excluding steroid dienone is 2. The molecule has 0 fully saturated rings. The molecular weight excluding hydrogens is 326 g/mol. The first-order valence-electron chi connectivity index (χ1n) is 8.49. The van der Waals surface area contributed by atoms with Gasteiger partial charge in [0.1, 0.15) is 5.76 Å². The molecule has 2 aromatic carbocycles. The largest absolute Gasteiger partial charge is 0.511 e. The van der Waals surface area contributed by atoms with Gasteiger partial charge in [-0.1, -0.05) is 32.0 Å². The summed E-state index contributed by atoms with van der Waals surface area (Å²) in [6.45, 7) is 3.94. The molecule has 0 bridgehead atoms. The predicted molar refractivity (Wildman–Crippen MR) is 103 cm³/mol. The van der Waals surface area contributed by atoms with E-state index in [2.05, 4.69) is 15.2 Å². The number of aliphatic hydroxyl groups excluding tert-OH is 1. The topological polar surface area (TPSA) is 74.4 Å². The summed E-state index contributed by atoms with van der Waals surface area (Å²) in [7, 11) is 0. The Labute approximate surface area is 152 Å². The van der Waals surface area contributed by atoms with Gasteiger partial charge in [0.25, 0.3) is 0 Å². The van der Waals surface area contributed by atoms with Crippen molar-refractivity contribution in [2.24, 2.45) is 20.6 Å². The highest BCUT2D eigenvalue weighted by atomic mass is 16.3. The monoisotopic (exact) mass is 347 g/mol. The minimum absolute atomic E-state index is 0.0734. The average Bonchev–Trinajstić information content (AvgIpc) is 2.60. The summed E-state index contributed by atoms with van der Waals surface area (Å²) < 4.78 is 0. The Morgan fingerprint density at radius 3 is 2.08 bits per heavy atom. The number of benzene rings is 2. The van der Waals surface area contributed by atoms with Gasteiger partial charge in [-0.15, -0.1) is 0 Å². The molecule has 2 aromatic rings. The number of carbonyl (C=O) groups excluding carboxylic acids is 1. The molecule has 0 saturated heterocycles. The number of ketones is 1. The number of hydrogen-bond donors (Lipinski definition) is 1. The smallest absolute Gasteiger partial charge is 0.168 e. The van der Waals surface area contributed by atoms with Crippen LogP contribution >= 0.6 is 0 Å². The third-order valence-electron chi connectivity index (χ3n) is 4.13. The Hall–Kier alpha value is -3.08. The molecule has 5 heteroatoms. The van der Waals surface area contributed by atoms with Crippen molar-refractivity contribution in [1.82, 2.24) is 0 Å². The van der Waals surface area contributed by atoms with Gasteiger partial charge in [0, 0.05) is 19.1 Å². The van der Waals surface area contributed by atoms with Crippen molar-refractivity contribution in [1.29, 1.82) is 0 Å². The lowest BCUT2D eigenvalue weighted by atomic mass is 9.77. The van der Waals surface area contributed by atoms with Crippen molar-refractivity contribution in [3.8, 4) is 0 Å². The normalized spacial score (nSPS) is 17.4. The van der Waals surface area contributed by atoms with Crippen LogP contribution in [0, 0.1) is 5.41 Å². The molecule has 0 aliphatic heterocycles. The van der Waals surface area contributed by atoms with Gasteiger partial charge in [0.2, 0.25) is 0 Å². The van der Waals surface area contributed by atoms with E-state index < -0.39 is 0 Å². The van der Waals surface area contributed by atoms with E-state index in [9.17, 15) is 9.90 Å². The van der Waals surface area contributed by atoms with Crippen molar-refractivity contribution in [3.63, 3.8) is 0 Å². The second kappa shape index (κ2) is 7.44. The van der Waals surface area contributed by atoms with Crippen LogP contribution < -0.4 is 0 Å². The number of nitrogens with zero attached hydrogens (tertiary/aromatic N) is 3. The van der Waals surface area contributed by atoms with E-state index in [-0.39, 0.29) is 17.0 Å². The Kier molecular flexibility index (Phi) is 5.07. The van der Waals surface area contributed by atoms with Crippen LogP contribution in [0.4, 0.5) is 17.1 Å². The van der Waals surface area contributed by atoms with Crippen LogP contribution in [-0.2, 0) is 4.79 Å². The summed E-state index contributed by atoms with van der Waals surface area (Å²) in [4.78, 5) is 16.5. The van der Waals surface area contributed by atoms with Crippen LogP contribution in [0.2, 0.25) is 0 Å². The van der Waals surface area contributed by atoms with Crippen molar-refractivity contribution in [2.45, 2.75) is 26.7 Å². The second-order valence-corrected chi connectivity index (χ2v) is 7.11. The predicted octanol–water partition coefficient (Wildman–Crippen LogP) is 6.01. The van der Waals surface area contributed by atoms with Gasteiger partial charge >= 0.3 is 0 Å². The Balaban J connectivity index is 1.70. The lowest BCUT2D eigenvalue weighted by Gasteiger charge is -2.28. The van der Waals surface area contributed by atoms with E-state index in [1.54, 1.807) is 24.3 Å². The van der Waals surface area contributed by atoms with Crippen LogP contribution in [-0.4, -0.2) is 17.1 Å². The van der Waals surface area contributed by atoms with E-state index >= 15 is 0 Å². The van der Waals surface area contributed by atoms with Crippen LogP contribution in [0.15, 0.2) is 81.2 Å². The summed E-state index contributed by atoms with van der Waals surface area (Å²) >= 11 is 0. The highest BCUT2D eigenvalue weighted by Gasteiger charge is 2.32. The molecule has 0 saturated carbocycles. The molecule has 0 atom stereocenters. The number of azo groups is 1. The van der Waals surface area contributed by atoms with E-state index in [1.165, 1.54) is 6.21 Å². The molecule has 0 aromatic heterocycles. The summed E-state index contributed by atoms with van der Waals surface area (Å²) in [6.07, 6.45) is 2.35. The molecule has 26 heavy (non-hydrogen) atoms. The minimum atomic E-state index is -0.204. The number of rotatable bonds is 4. The highest BCUT2D eigenvalue weighted by Crippen LogP contribution is 2.35. The van der Waals surface area contributed by atoms with Gasteiger partial charge in [-0.3, -0.25) is 9.79 Å². The molecule has 0 heterocycles. The first-order chi connectivity index (χ1) is 12.4. The van der Waals surface area contributed by atoms with E-state index in [0.29, 0.717) is 29.8 Å². The van der Waals surface area contributed by atoms with Crippen LogP contribution in [0.3, 0.4) is 0 Å². The SMILES string of the molecule is CC1(C)CC(=O)C(C=Nc2ccc(N=Nc3ccccc3)cc2)=C(O)C1. The van der Waals surface area contributed by atoms with Gasteiger partial charge in [-0.2, -0.15) is 10.2 Å². The zero-order valence-electron chi connectivity index (χ0n) is 14.9. The number of aliphatic imine (C=N–C) groups is 1. The zero-order chi connectivity index (χ0) is 18.6. The summed E-state index contributed by atoms with van der Waals surface area (Å²) in [5, 5.41) is 18.5.